The van der Waals surface area contributed by atoms with E-state index in [1.165, 1.54) is 0 Å². The van der Waals surface area contributed by atoms with Crippen molar-refractivity contribution in [1.82, 2.24) is 5.32 Å². The fourth-order valence-corrected chi connectivity index (χ4v) is 1.63. The minimum Gasteiger partial charge on any atom is -0.452 e. The summed E-state index contributed by atoms with van der Waals surface area (Å²) in [6.07, 6.45) is 0. The van der Waals surface area contributed by atoms with Crippen molar-refractivity contribution in [3.05, 3.63) is 21.0 Å². The van der Waals surface area contributed by atoms with Gasteiger partial charge in [0.2, 0.25) is 0 Å². The van der Waals surface area contributed by atoms with Crippen LogP contribution in [0.2, 0.25) is 0 Å². The predicted octanol–water partition coefficient (Wildman–Crippen LogP) is 2.67. The van der Waals surface area contributed by atoms with Gasteiger partial charge in [0.05, 0.1) is 16.6 Å². The Labute approximate surface area is 100 Å². The Balaban J connectivity index is 2.39. The van der Waals surface area contributed by atoms with Crippen LogP contribution in [0.1, 0.15) is 19.6 Å². The average molecular weight is 327 g/mol. The number of furan rings is 1. The summed E-state index contributed by atoms with van der Waals surface area (Å²) in [5, 5.41) is 12.5. The Morgan fingerprint density at radius 2 is 2.14 bits per heavy atom. The second-order valence-electron chi connectivity index (χ2n) is 3.75. The lowest BCUT2D eigenvalue weighted by atomic mass is 10.1. The fraction of sp³-hybridized carbons (Fsp3) is 0.556. The van der Waals surface area contributed by atoms with Crippen LogP contribution in [0.3, 0.4) is 0 Å². The van der Waals surface area contributed by atoms with E-state index in [4.69, 9.17) is 4.42 Å². The molecular formula is C9H13Br2NO2. The molecule has 0 bridgehead atoms. The van der Waals surface area contributed by atoms with Crippen LogP contribution in [-0.2, 0) is 6.54 Å². The Morgan fingerprint density at radius 3 is 2.57 bits per heavy atom. The minimum atomic E-state index is -0.693. The lowest BCUT2D eigenvalue weighted by molar-refractivity contribution is 0.0790. The molecule has 0 unspecified atom stereocenters. The molecule has 0 atom stereocenters. The van der Waals surface area contributed by atoms with Crippen molar-refractivity contribution in [2.24, 2.45) is 0 Å². The third-order valence-corrected chi connectivity index (χ3v) is 3.26. The van der Waals surface area contributed by atoms with Crippen LogP contribution in [0.5, 0.6) is 0 Å². The highest BCUT2D eigenvalue weighted by Crippen LogP contribution is 2.26. The molecule has 1 aromatic rings. The van der Waals surface area contributed by atoms with Crippen LogP contribution >= 0.6 is 31.9 Å². The Bertz CT molecular complexity index is 285. The molecule has 0 amide bonds. The second kappa shape index (κ2) is 4.79. The maximum Gasteiger partial charge on any atom is 0.183 e. The van der Waals surface area contributed by atoms with E-state index in [9.17, 15) is 5.11 Å². The largest absolute Gasteiger partial charge is 0.452 e. The number of halogens is 2. The van der Waals surface area contributed by atoms with E-state index in [1.807, 2.05) is 6.07 Å². The molecule has 0 aliphatic heterocycles. The van der Waals surface area contributed by atoms with Gasteiger partial charge in [0.1, 0.15) is 5.76 Å². The minimum absolute atomic E-state index is 0.531. The topological polar surface area (TPSA) is 45.4 Å². The van der Waals surface area contributed by atoms with E-state index in [-0.39, 0.29) is 0 Å². The van der Waals surface area contributed by atoms with Gasteiger partial charge in [0.15, 0.2) is 4.67 Å². The van der Waals surface area contributed by atoms with Crippen LogP contribution in [0, 0.1) is 0 Å². The van der Waals surface area contributed by atoms with E-state index >= 15 is 0 Å². The molecule has 14 heavy (non-hydrogen) atoms. The molecule has 0 saturated carbocycles. The number of hydrogen-bond donors (Lipinski definition) is 2. The molecule has 0 aliphatic rings. The lowest BCUT2D eigenvalue weighted by Crippen LogP contribution is -2.34. The van der Waals surface area contributed by atoms with Gasteiger partial charge in [-0.05, 0) is 51.8 Å². The molecule has 0 radical (unpaired) electrons. The first-order valence-corrected chi connectivity index (χ1v) is 5.84. The Hall–Kier alpha value is 0.160. The van der Waals surface area contributed by atoms with E-state index < -0.39 is 5.60 Å². The van der Waals surface area contributed by atoms with Crippen molar-refractivity contribution in [3.8, 4) is 0 Å². The average Bonchev–Trinajstić information content (AvgIpc) is 2.28. The van der Waals surface area contributed by atoms with Crippen LogP contribution in [0.25, 0.3) is 0 Å². The number of rotatable bonds is 4. The number of nitrogens with one attached hydrogen (secondary N) is 1. The highest BCUT2D eigenvalue weighted by atomic mass is 79.9. The Morgan fingerprint density at radius 1 is 1.50 bits per heavy atom. The van der Waals surface area contributed by atoms with Crippen LogP contribution in [0.15, 0.2) is 19.6 Å². The smallest absolute Gasteiger partial charge is 0.183 e. The van der Waals surface area contributed by atoms with E-state index in [0.29, 0.717) is 17.8 Å². The van der Waals surface area contributed by atoms with Gasteiger partial charge in [-0.25, -0.2) is 0 Å². The summed E-state index contributed by atoms with van der Waals surface area (Å²) in [6.45, 7) is 4.65. The molecular weight excluding hydrogens is 314 g/mol. The summed E-state index contributed by atoms with van der Waals surface area (Å²) in [5.41, 5.74) is -0.693. The van der Waals surface area contributed by atoms with Gasteiger partial charge in [-0.1, -0.05) is 0 Å². The zero-order chi connectivity index (χ0) is 10.8. The zero-order valence-electron chi connectivity index (χ0n) is 8.10. The molecule has 0 aliphatic carbocycles. The van der Waals surface area contributed by atoms with E-state index in [2.05, 4.69) is 37.2 Å². The van der Waals surface area contributed by atoms with Crippen LogP contribution in [0.4, 0.5) is 0 Å². The maximum absolute atomic E-state index is 9.44. The first kappa shape index (κ1) is 12.2. The molecule has 1 rings (SSSR count). The van der Waals surface area contributed by atoms with Crippen LogP contribution < -0.4 is 5.32 Å². The third-order valence-electron chi connectivity index (χ3n) is 1.55. The van der Waals surface area contributed by atoms with Gasteiger partial charge in [-0.3, -0.25) is 0 Å². The van der Waals surface area contributed by atoms with Gasteiger partial charge >= 0.3 is 0 Å². The summed E-state index contributed by atoms with van der Waals surface area (Å²) >= 11 is 6.59. The first-order chi connectivity index (χ1) is 6.38. The normalized spacial score (nSPS) is 12.1. The van der Waals surface area contributed by atoms with E-state index in [0.717, 1.165) is 10.2 Å². The fourth-order valence-electron chi connectivity index (χ4n) is 0.970. The monoisotopic (exact) mass is 325 g/mol. The van der Waals surface area contributed by atoms with Gasteiger partial charge in [0.25, 0.3) is 0 Å². The van der Waals surface area contributed by atoms with Crippen LogP contribution in [-0.4, -0.2) is 17.3 Å². The molecule has 5 heteroatoms. The third kappa shape index (κ3) is 4.13. The van der Waals surface area contributed by atoms with Crippen molar-refractivity contribution in [2.75, 3.05) is 6.54 Å². The quantitative estimate of drug-likeness (QED) is 0.894. The van der Waals surface area contributed by atoms with Crippen molar-refractivity contribution < 1.29 is 9.52 Å². The molecule has 1 heterocycles. The second-order valence-corrected chi connectivity index (χ2v) is 5.32. The molecule has 0 fully saturated rings. The molecule has 2 N–H and O–H groups in total. The van der Waals surface area contributed by atoms with Crippen molar-refractivity contribution in [1.29, 1.82) is 0 Å². The molecule has 80 valence electrons. The van der Waals surface area contributed by atoms with Crippen molar-refractivity contribution in [2.45, 2.75) is 26.0 Å². The molecule has 0 aromatic carbocycles. The molecule has 0 saturated heterocycles. The summed E-state index contributed by atoms with van der Waals surface area (Å²) in [5.74, 6) is 0.827. The summed E-state index contributed by atoms with van der Waals surface area (Å²) in [7, 11) is 0. The molecule has 0 spiro atoms. The summed E-state index contributed by atoms with van der Waals surface area (Å²) < 4.78 is 6.95. The predicted molar refractivity (Wildman–Crippen MR) is 62.1 cm³/mol. The molecule has 1 aromatic heterocycles. The zero-order valence-corrected chi connectivity index (χ0v) is 11.3. The number of hydrogen-bond acceptors (Lipinski definition) is 3. The highest BCUT2D eigenvalue weighted by Gasteiger charge is 2.12. The van der Waals surface area contributed by atoms with Gasteiger partial charge in [-0.2, -0.15) is 0 Å². The van der Waals surface area contributed by atoms with E-state index in [1.54, 1.807) is 13.8 Å². The highest BCUT2D eigenvalue weighted by molar-refractivity contribution is 9.13. The first-order valence-electron chi connectivity index (χ1n) is 4.25. The standard InChI is InChI=1S/C9H13Br2NO2/c1-9(2,13)5-12-4-6-3-7(10)8(11)14-6/h3,12-13H,4-5H2,1-2H3. The number of aliphatic hydroxyl groups is 1. The van der Waals surface area contributed by atoms with Crippen molar-refractivity contribution >= 4 is 31.9 Å². The SMILES string of the molecule is CC(C)(O)CNCc1cc(Br)c(Br)o1. The summed E-state index contributed by atoms with van der Waals surface area (Å²) in [4.78, 5) is 0. The van der Waals surface area contributed by atoms with Gasteiger partial charge < -0.3 is 14.8 Å². The van der Waals surface area contributed by atoms with Gasteiger partial charge in [0, 0.05) is 6.54 Å². The maximum atomic E-state index is 9.44. The Kier molecular flexibility index (Phi) is 4.18. The van der Waals surface area contributed by atoms with Gasteiger partial charge in [-0.15, -0.1) is 0 Å². The summed E-state index contributed by atoms with van der Waals surface area (Å²) in [6, 6.07) is 1.89. The van der Waals surface area contributed by atoms with Crippen molar-refractivity contribution in [3.63, 3.8) is 0 Å². The molecule has 3 nitrogen and oxygen atoms in total. The lowest BCUT2D eigenvalue weighted by Gasteiger charge is -2.16.